The van der Waals surface area contributed by atoms with Crippen LogP contribution in [0.1, 0.15) is 25.8 Å². The minimum atomic E-state index is -0.0962. The molecule has 0 bridgehead atoms. The maximum Gasteiger partial charge on any atom is 0.127 e. The van der Waals surface area contributed by atoms with Gasteiger partial charge in [-0.15, -0.1) is 0 Å². The molecule has 4 nitrogen and oxygen atoms in total. The Morgan fingerprint density at radius 1 is 1.69 bits per heavy atom. The standard InChI is InChI=1S/C12H15N3O/c1-9-12(2,4-6-16-9)15-11-7-10(8-13)3-5-14-11/h3,5,7,9H,4,6H2,1-2H3,(H,14,15). The number of anilines is 1. The normalized spacial score (nSPS) is 28.7. The van der Waals surface area contributed by atoms with E-state index in [1.54, 1.807) is 18.3 Å². The zero-order valence-electron chi connectivity index (χ0n) is 9.53. The maximum atomic E-state index is 8.81. The summed E-state index contributed by atoms with van der Waals surface area (Å²) in [6, 6.07) is 5.56. The van der Waals surface area contributed by atoms with E-state index in [2.05, 4.69) is 23.3 Å². The highest BCUT2D eigenvalue weighted by atomic mass is 16.5. The van der Waals surface area contributed by atoms with Crippen molar-refractivity contribution in [1.29, 1.82) is 5.26 Å². The lowest BCUT2D eigenvalue weighted by Gasteiger charge is -2.29. The van der Waals surface area contributed by atoms with E-state index in [9.17, 15) is 0 Å². The van der Waals surface area contributed by atoms with Crippen molar-refractivity contribution in [1.82, 2.24) is 4.98 Å². The van der Waals surface area contributed by atoms with Gasteiger partial charge in [0.15, 0.2) is 0 Å². The van der Waals surface area contributed by atoms with Crippen LogP contribution in [0.5, 0.6) is 0 Å². The van der Waals surface area contributed by atoms with Crippen molar-refractivity contribution in [3.8, 4) is 6.07 Å². The molecule has 1 aromatic rings. The van der Waals surface area contributed by atoms with Crippen LogP contribution in [0.2, 0.25) is 0 Å². The van der Waals surface area contributed by atoms with Crippen LogP contribution in [0.3, 0.4) is 0 Å². The van der Waals surface area contributed by atoms with Gasteiger partial charge in [0.1, 0.15) is 5.82 Å². The summed E-state index contributed by atoms with van der Waals surface area (Å²) >= 11 is 0. The number of hydrogen-bond donors (Lipinski definition) is 1. The molecule has 0 spiro atoms. The number of pyridine rings is 1. The molecule has 0 radical (unpaired) electrons. The molecule has 0 saturated carbocycles. The van der Waals surface area contributed by atoms with Crippen molar-refractivity contribution < 1.29 is 4.74 Å². The highest BCUT2D eigenvalue weighted by molar-refractivity contribution is 5.44. The van der Waals surface area contributed by atoms with Gasteiger partial charge in [0.25, 0.3) is 0 Å². The van der Waals surface area contributed by atoms with Gasteiger partial charge in [0.2, 0.25) is 0 Å². The number of nitrogens with one attached hydrogen (secondary N) is 1. The summed E-state index contributed by atoms with van der Waals surface area (Å²) in [5.74, 6) is 0.735. The van der Waals surface area contributed by atoms with E-state index in [4.69, 9.17) is 10.00 Å². The Labute approximate surface area is 95.3 Å². The van der Waals surface area contributed by atoms with Gasteiger partial charge in [-0.1, -0.05) is 0 Å². The van der Waals surface area contributed by atoms with Gasteiger partial charge in [0, 0.05) is 12.8 Å². The molecular weight excluding hydrogens is 202 g/mol. The Morgan fingerprint density at radius 3 is 3.12 bits per heavy atom. The van der Waals surface area contributed by atoms with Crippen LogP contribution in [0.25, 0.3) is 0 Å². The molecule has 2 atom stereocenters. The lowest BCUT2D eigenvalue weighted by molar-refractivity contribution is 0.105. The Morgan fingerprint density at radius 2 is 2.50 bits per heavy atom. The summed E-state index contributed by atoms with van der Waals surface area (Å²) in [6.45, 7) is 4.93. The van der Waals surface area contributed by atoms with Crippen LogP contribution in [0.15, 0.2) is 18.3 Å². The molecule has 1 N–H and O–H groups in total. The molecule has 0 aromatic carbocycles. The van der Waals surface area contributed by atoms with E-state index >= 15 is 0 Å². The average Bonchev–Trinajstić information content (AvgIpc) is 2.59. The molecular formula is C12H15N3O. The summed E-state index contributed by atoms with van der Waals surface area (Å²) in [5, 5.41) is 12.2. The first-order valence-corrected chi connectivity index (χ1v) is 5.40. The SMILES string of the molecule is CC1OCCC1(C)Nc1cc(C#N)ccn1. The number of hydrogen-bond acceptors (Lipinski definition) is 4. The molecule has 0 amide bonds. The summed E-state index contributed by atoms with van der Waals surface area (Å²) in [7, 11) is 0. The highest BCUT2D eigenvalue weighted by Crippen LogP contribution is 2.28. The largest absolute Gasteiger partial charge is 0.376 e. The zero-order valence-corrected chi connectivity index (χ0v) is 9.53. The Hall–Kier alpha value is -1.60. The summed E-state index contributed by atoms with van der Waals surface area (Å²) in [4.78, 5) is 4.21. The smallest absolute Gasteiger partial charge is 0.127 e. The van der Waals surface area contributed by atoms with E-state index in [-0.39, 0.29) is 11.6 Å². The summed E-state index contributed by atoms with van der Waals surface area (Å²) < 4.78 is 5.54. The van der Waals surface area contributed by atoms with E-state index in [0.717, 1.165) is 18.8 Å². The second-order valence-electron chi connectivity index (χ2n) is 4.35. The van der Waals surface area contributed by atoms with Crippen LogP contribution in [0.4, 0.5) is 5.82 Å². The van der Waals surface area contributed by atoms with Gasteiger partial charge < -0.3 is 10.1 Å². The number of nitrogens with zero attached hydrogens (tertiary/aromatic N) is 2. The molecule has 1 aliphatic heterocycles. The van der Waals surface area contributed by atoms with E-state index < -0.39 is 0 Å². The first kappa shape index (κ1) is 10.9. The van der Waals surface area contributed by atoms with Gasteiger partial charge in [-0.25, -0.2) is 4.98 Å². The predicted octanol–water partition coefficient (Wildman–Crippen LogP) is 1.93. The fourth-order valence-electron chi connectivity index (χ4n) is 1.86. The van der Waals surface area contributed by atoms with Gasteiger partial charge in [-0.2, -0.15) is 5.26 Å². The van der Waals surface area contributed by atoms with E-state index in [0.29, 0.717) is 5.56 Å². The van der Waals surface area contributed by atoms with Crippen LogP contribution in [0, 0.1) is 11.3 Å². The van der Waals surface area contributed by atoms with Gasteiger partial charge in [-0.05, 0) is 32.4 Å². The van der Waals surface area contributed by atoms with Crippen LogP contribution in [-0.4, -0.2) is 23.2 Å². The van der Waals surface area contributed by atoms with Gasteiger partial charge in [0.05, 0.1) is 23.3 Å². The van der Waals surface area contributed by atoms with Crippen molar-refractivity contribution in [3.05, 3.63) is 23.9 Å². The Kier molecular flexibility index (Phi) is 2.80. The molecule has 2 heterocycles. The van der Waals surface area contributed by atoms with Crippen LogP contribution < -0.4 is 5.32 Å². The van der Waals surface area contributed by atoms with E-state index in [1.165, 1.54) is 0 Å². The molecule has 1 aliphatic rings. The number of rotatable bonds is 2. The third kappa shape index (κ3) is 2.00. The van der Waals surface area contributed by atoms with Crippen molar-refractivity contribution in [2.45, 2.75) is 31.9 Å². The zero-order chi connectivity index (χ0) is 11.6. The lowest BCUT2D eigenvalue weighted by Crippen LogP contribution is -2.41. The molecule has 16 heavy (non-hydrogen) atoms. The minimum Gasteiger partial charge on any atom is -0.376 e. The second kappa shape index (κ2) is 4.11. The molecule has 1 aromatic heterocycles. The number of nitriles is 1. The summed E-state index contributed by atoms with van der Waals surface area (Å²) in [5.41, 5.74) is 0.522. The fraction of sp³-hybridized carbons (Fsp3) is 0.500. The third-order valence-corrected chi connectivity index (χ3v) is 3.19. The lowest BCUT2D eigenvalue weighted by atomic mass is 9.95. The Balaban J connectivity index is 2.17. The van der Waals surface area contributed by atoms with E-state index in [1.807, 2.05) is 6.92 Å². The molecule has 4 heteroatoms. The highest BCUT2D eigenvalue weighted by Gasteiger charge is 2.37. The molecule has 1 fully saturated rings. The number of aromatic nitrogens is 1. The molecule has 84 valence electrons. The number of ether oxygens (including phenoxy) is 1. The molecule has 1 saturated heterocycles. The quantitative estimate of drug-likeness (QED) is 0.822. The average molecular weight is 217 g/mol. The minimum absolute atomic E-state index is 0.0962. The monoisotopic (exact) mass is 217 g/mol. The third-order valence-electron chi connectivity index (χ3n) is 3.19. The summed E-state index contributed by atoms with van der Waals surface area (Å²) in [6.07, 6.45) is 2.75. The second-order valence-corrected chi connectivity index (χ2v) is 4.35. The maximum absolute atomic E-state index is 8.81. The fourth-order valence-corrected chi connectivity index (χ4v) is 1.86. The first-order valence-electron chi connectivity index (χ1n) is 5.40. The topological polar surface area (TPSA) is 57.9 Å². The van der Waals surface area contributed by atoms with Gasteiger partial charge in [-0.3, -0.25) is 0 Å². The van der Waals surface area contributed by atoms with Gasteiger partial charge >= 0.3 is 0 Å². The van der Waals surface area contributed by atoms with Crippen molar-refractivity contribution >= 4 is 5.82 Å². The Bertz CT molecular complexity index is 427. The molecule has 2 rings (SSSR count). The van der Waals surface area contributed by atoms with Crippen LogP contribution in [-0.2, 0) is 4.74 Å². The predicted molar refractivity (Wildman–Crippen MR) is 61.0 cm³/mol. The molecule has 0 aliphatic carbocycles. The van der Waals surface area contributed by atoms with Crippen molar-refractivity contribution in [2.24, 2.45) is 0 Å². The van der Waals surface area contributed by atoms with Crippen molar-refractivity contribution in [3.63, 3.8) is 0 Å². The van der Waals surface area contributed by atoms with Crippen molar-refractivity contribution in [2.75, 3.05) is 11.9 Å². The van der Waals surface area contributed by atoms with Crippen LogP contribution >= 0.6 is 0 Å². The first-order chi connectivity index (χ1) is 7.64. The molecule has 2 unspecified atom stereocenters.